The Bertz CT molecular complexity index is 997. The van der Waals surface area contributed by atoms with Crippen LogP contribution < -0.4 is 15.5 Å². The molecule has 6 nitrogen and oxygen atoms in total. The number of imide groups is 1. The van der Waals surface area contributed by atoms with E-state index in [1.807, 2.05) is 12.1 Å². The molecule has 162 valence electrons. The fraction of sp³-hybridized carbons (Fsp3) is 0.333. The number of likely N-dealkylation sites (tertiary alicyclic amines) is 1. The number of benzene rings is 2. The monoisotopic (exact) mass is 482 g/mol. The SMILES string of the molecule is CN(CCN1CCCCC1)c1ccc(NC=C2C(=O)NC(=O)c3ccc(Br)cc32)cc1. The van der Waals surface area contributed by atoms with Crippen molar-refractivity contribution in [2.45, 2.75) is 19.3 Å². The highest BCUT2D eigenvalue weighted by atomic mass is 79.9. The summed E-state index contributed by atoms with van der Waals surface area (Å²) in [5, 5.41) is 5.59. The van der Waals surface area contributed by atoms with E-state index in [0.717, 1.165) is 28.9 Å². The molecule has 0 atom stereocenters. The molecular weight excluding hydrogens is 456 g/mol. The molecule has 31 heavy (non-hydrogen) atoms. The zero-order valence-corrected chi connectivity index (χ0v) is 19.2. The number of nitrogens with one attached hydrogen (secondary N) is 2. The van der Waals surface area contributed by atoms with Crippen molar-refractivity contribution in [3.05, 3.63) is 64.3 Å². The zero-order valence-electron chi connectivity index (χ0n) is 17.7. The minimum absolute atomic E-state index is 0.374. The second-order valence-corrected chi connectivity index (χ2v) is 8.96. The van der Waals surface area contributed by atoms with Gasteiger partial charge < -0.3 is 15.1 Å². The third kappa shape index (κ3) is 5.17. The molecule has 2 amide bonds. The number of hydrogen-bond donors (Lipinski definition) is 2. The van der Waals surface area contributed by atoms with E-state index >= 15 is 0 Å². The molecule has 2 aromatic carbocycles. The van der Waals surface area contributed by atoms with E-state index in [0.29, 0.717) is 16.7 Å². The Balaban J connectivity index is 1.41. The van der Waals surface area contributed by atoms with E-state index in [2.05, 4.69) is 55.5 Å². The number of halogens is 1. The second kappa shape index (κ2) is 9.66. The molecule has 0 unspecified atom stereocenters. The highest BCUT2D eigenvalue weighted by Crippen LogP contribution is 2.27. The van der Waals surface area contributed by atoms with Gasteiger partial charge in [-0.3, -0.25) is 14.9 Å². The highest BCUT2D eigenvalue weighted by molar-refractivity contribution is 9.10. The first-order valence-electron chi connectivity index (χ1n) is 10.7. The van der Waals surface area contributed by atoms with E-state index in [4.69, 9.17) is 0 Å². The van der Waals surface area contributed by atoms with Crippen LogP contribution in [0.2, 0.25) is 0 Å². The number of fused-ring (bicyclic) bond motifs is 1. The molecule has 7 heteroatoms. The highest BCUT2D eigenvalue weighted by Gasteiger charge is 2.27. The molecule has 0 bridgehead atoms. The van der Waals surface area contributed by atoms with Crippen molar-refractivity contribution in [3.63, 3.8) is 0 Å². The molecule has 0 aromatic heterocycles. The van der Waals surface area contributed by atoms with Gasteiger partial charge in [-0.15, -0.1) is 0 Å². The lowest BCUT2D eigenvalue weighted by Crippen LogP contribution is -2.36. The van der Waals surface area contributed by atoms with E-state index in [1.54, 1.807) is 24.4 Å². The van der Waals surface area contributed by atoms with Gasteiger partial charge in [-0.25, -0.2) is 0 Å². The van der Waals surface area contributed by atoms with E-state index in [9.17, 15) is 9.59 Å². The van der Waals surface area contributed by atoms with Crippen molar-refractivity contribution in [2.75, 3.05) is 43.4 Å². The summed E-state index contributed by atoms with van der Waals surface area (Å²) < 4.78 is 0.816. The van der Waals surface area contributed by atoms with Gasteiger partial charge in [-0.2, -0.15) is 0 Å². The molecule has 2 N–H and O–H groups in total. The molecule has 4 rings (SSSR count). The Labute approximate surface area is 191 Å². The normalized spacial score (nSPS) is 17.9. The first-order valence-corrected chi connectivity index (χ1v) is 11.5. The number of piperidine rings is 1. The maximum Gasteiger partial charge on any atom is 0.260 e. The molecule has 1 fully saturated rings. The Morgan fingerprint density at radius 2 is 1.77 bits per heavy atom. The summed E-state index contributed by atoms with van der Waals surface area (Å²) in [6.07, 6.45) is 5.64. The van der Waals surface area contributed by atoms with Crippen LogP contribution in [0.1, 0.15) is 35.2 Å². The van der Waals surface area contributed by atoms with Crippen molar-refractivity contribution in [2.24, 2.45) is 0 Å². The standard InChI is InChI=1S/C24H27BrN4O2/c1-28(13-14-29-11-3-2-4-12-29)19-8-6-18(7-9-19)26-16-22-21-15-17(25)5-10-20(21)23(30)27-24(22)31/h5-10,15-16,26H,2-4,11-14H2,1H3,(H,27,30,31). The van der Waals surface area contributed by atoms with Crippen LogP contribution >= 0.6 is 15.9 Å². The van der Waals surface area contributed by atoms with Crippen molar-refractivity contribution in [3.8, 4) is 0 Å². The number of carbonyl (C=O) groups is 2. The lowest BCUT2D eigenvalue weighted by Gasteiger charge is -2.29. The lowest BCUT2D eigenvalue weighted by molar-refractivity contribution is -0.114. The Morgan fingerprint density at radius 1 is 1.03 bits per heavy atom. The molecule has 0 radical (unpaired) electrons. The van der Waals surface area contributed by atoms with Gasteiger partial charge >= 0.3 is 0 Å². The van der Waals surface area contributed by atoms with Crippen LogP contribution in [0.25, 0.3) is 5.57 Å². The number of carbonyl (C=O) groups excluding carboxylic acids is 2. The second-order valence-electron chi connectivity index (χ2n) is 8.05. The predicted octanol–water partition coefficient (Wildman–Crippen LogP) is 4.09. The van der Waals surface area contributed by atoms with Crippen LogP contribution in [0.3, 0.4) is 0 Å². The summed E-state index contributed by atoms with van der Waals surface area (Å²) >= 11 is 3.41. The number of likely N-dealkylation sites (N-methyl/N-ethyl adjacent to an activating group) is 1. The average molecular weight is 483 g/mol. The minimum atomic E-state index is -0.405. The fourth-order valence-corrected chi connectivity index (χ4v) is 4.37. The molecule has 1 saturated heterocycles. The van der Waals surface area contributed by atoms with E-state index < -0.39 is 5.91 Å². The molecule has 0 saturated carbocycles. The van der Waals surface area contributed by atoms with Crippen LogP contribution in [-0.2, 0) is 4.79 Å². The summed E-state index contributed by atoms with van der Waals surface area (Å²) in [5.74, 6) is -0.779. The van der Waals surface area contributed by atoms with Gasteiger partial charge in [0.25, 0.3) is 11.8 Å². The third-order valence-corrected chi connectivity index (χ3v) is 6.37. The Kier molecular flexibility index (Phi) is 6.73. The van der Waals surface area contributed by atoms with Crippen LogP contribution in [0, 0.1) is 0 Å². The van der Waals surface area contributed by atoms with E-state index in [1.165, 1.54) is 32.4 Å². The van der Waals surface area contributed by atoms with Crippen LogP contribution in [0.15, 0.2) is 53.1 Å². The molecule has 2 aromatic rings. The minimum Gasteiger partial charge on any atom is -0.373 e. The molecule has 0 spiro atoms. The topological polar surface area (TPSA) is 64.7 Å². The lowest BCUT2D eigenvalue weighted by atomic mass is 9.95. The Hall–Kier alpha value is -2.64. The predicted molar refractivity (Wildman–Crippen MR) is 128 cm³/mol. The third-order valence-electron chi connectivity index (χ3n) is 5.88. The van der Waals surface area contributed by atoms with E-state index in [-0.39, 0.29) is 5.91 Å². The molecule has 2 heterocycles. The van der Waals surface area contributed by atoms with Gasteiger partial charge in [0, 0.05) is 53.3 Å². The summed E-state index contributed by atoms with van der Waals surface area (Å²) in [6.45, 7) is 4.51. The van der Waals surface area contributed by atoms with Gasteiger partial charge in [0.1, 0.15) is 0 Å². The van der Waals surface area contributed by atoms with Gasteiger partial charge in [-0.1, -0.05) is 22.4 Å². The first kappa shape index (κ1) is 21.6. The van der Waals surface area contributed by atoms with Crippen LogP contribution in [0.4, 0.5) is 11.4 Å². The number of hydrogen-bond acceptors (Lipinski definition) is 5. The number of nitrogens with zero attached hydrogens (tertiary/aromatic N) is 2. The quantitative estimate of drug-likeness (QED) is 0.479. The van der Waals surface area contributed by atoms with Gasteiger partial charge in [0.15, 0.2) is 0 Å². The van der Waals surface area contributed by atoms with Crippen molar-refractivity contribution >= 4 is 44.7 Å². The largest absolute Gasteiger partial charge is 0.373 e. The maximum absolute atomic E-state index is 12.4. The van der Waals surface area contributed by atoms with Gasteiger partial charge in [0.05, 0.1) is 5.57 Å². The molecular formula is C24H27BrN4O2. The number of anilines is 2. The van der Waals surface area contributed by atoms with Gasteiger partial charge in [0.2, 0.25) is 0 Å². The molecule has 0 aliphatic carbocycles. The molecule has 2 aliphatic heterocycles. The van der Waals surface area contributed by atoms with Crippen LogP contribution in [0.5, 0.6) is 0 Å². The van der Waals surface area contributed by atoms with Crippen molar-refractivity contribution < 1.29 is 9.59 Å². The Morgan fingerprint density at radius 3 is 2.52 bits per heavy atom. The number of amides is 2. The summed E-state index contributed by atoms with van der Waals surface area (Å²) in [5.41, 5.74) is 3.57. The summed E-state index contributed by atoms with van der Waals surface area (Å²) in [7, 11) is 2.12. The first-order chi connectivity index (χ1) is 15.0. The smallest absolute Gasteiger partial charge is 0.260 e. The van der Waals surface area contributed by atoms with Gasteiger partial charge in [-0.05, 0) is 68.4 Å². The average Bonchev–Trinajstić information content (AvgIpc) is 2.78. The molecule has 2 aliphatic rings. The fourth-order valence-electron chi connectivity index (χ4n) is 4.01. The summed E-state index contributed by atoms with van der Waals surface area (Å²) in [6, 6.07) is 13.4. The zero-order chi connectivity index (χ0) is 21.8. The maximum atomic E-state index is 12.4. The van der Waals surface area contributed by atoms with Crippen molar-refractivity contribution in [1.29, 1.82) is 0 Å². The van der Waals surface area contributed by atoms with Crippen LogP contribution in [-0.4, -0.2) is 49.9 Å². The summed E-state index contributed by atoms with van der Waals surface area (Å²) in [4.78, 5) is 29.3. The number of rotatable bonds is 6. The van der Waals surface area contributed by atoms with Crippen molar-refractivity contribution in [1.82, 2.24) is 10.2 Å².